The SMILES string of the molecule is N#CCNC(=O)c1cccc(-c2cc(-c3ccc(CN(C(=O)C(F)(F)F)C4CCOCC4)cc3)[nH]n2)c1. The standard InChI is InChI=1S/C26H24F3N5O3/c27-26(28,29)25(36)34(21-8-12-37-13-9-21)16-17-4-6-18(7-5-17)22-15-23(33-32-22)19-2-1-3-20(14-19)24(35)31-11-10-30/h1-7,14-15,21H,8-9,11-13,16H2,(H,31,35)(H,32,33). The number of nitriles is 1. The number of alkyl halides is 3. The van der Waals surface area contributed by atoms with Gasteiger partial charge in [-0.2, -0.15) is 23.5 Å². The molecule has 1 aliphatic heterocycles. The highest BCUT2D eigenvalue weighted by Crippen LogP contribution is 2.28. The Bertz CT molecular complexity index is 1290. The molecule has 4 rings (SSSR count). The van der Waals surface area contributed by atoms with Crippen molar-refractivity contribution in [2.24, 2.45) is 0 Å². The fourth-order valence-electron chi connectivity index (χ4n) is 4.17. The predicted octanol–water partition coefficient (Wildman–Crippen LogP) is 4.07. The van der Waals surface area contributed by atoms with Gasteiger partial charge in [-0.05, 0) is 42.2 Å². The molecule has 2 heterocycles. The zero-order valence-corrected chi connectivity index (χ0v) is 19.7. The van der Waals surface area contributed by atoms with Crippen LogP contribution in [0.15, 0.2) is 54.6 Å². The van der Waals surface area contributed by atoms with Crippen LogP contribution in [0.2, 0.25) is 0 Å². The third-order valence-electron chi connectivity index (χ3n) is 6.08. The molecule has 37 heavy (non-hydrogen) atoms. The van der Waals surface area contributed by atoms with Gasteiger partial charge in [-0.1, -0.05) is 36.4 Å². The molecule has 1 saturated heterocycles. The van der Waals surface area contributed by atoms with Crippen LogP contribution in [0.3, 0.4) is 0 Å². The first-order valence-corrected chi connectivity index (χ1v) is 11.6. The molecule has 11 heteroatoms. The average Bonchev–Trinajstić information content (AvgIpc) is 3.41. The van der Waals surface area contributed by atoms with Crippen LogP contribution in [0.1, 0.15) is 28.8 Å². The molecule has 1 aromatic heterocycles. The van der Waals surface area contributed by atoms with Crippen LogP contribution < -0.4 is 5.32 Å². The van der Waals surface area contributed by atoms with Crippen LogP contribution in [0.4, 0.5) is 13.2 Å². The second-order valence-corrected chi connectivity index (χ2v) is 8.56. The molecule has 0 unspecified atom stereocenters. The number of ether oxygens (including phenoxy) is 1. The quantitative estimate of drug-likeness (QED) is 0.465. The monoisotopic (exact) mass is 511 g/mol. The van der Waals surface area contributed by atoms with Gasteiger partial charge in [0, 0.05) is 36.9 Å². The summed E-state index contributed by atoms with van der Waals surface area (Å²) >= 11 is 0. The molecule has 192 valence electrons. The van der Waals surface area contributed by atoms with Crippen LogP contribution in [0.5, 0.6) is 0 Å². The molecular weight excluding hydrogens is 487 g/mol. The number of H-pyrrole nitrogens is 1. The van der Waals surface area contributed by atoms with Crippen LogP contribution in [0.25, 0.3) is 22.5 Å². The van der Waals surface area contributed by atoms with E-state index in [0.717, 1.165) is 10.5 Å². The number of carbonyl (C=O) groups excluding carboxylic acids is 2. The van der Waals surface area contributed by atoms with Crippen LogP contribution >= 0.6 is 0 Å². The zero-order chi connectivity index (χ0) is 26.4. The number of hydrogen-bond donors (Lipinski definition) is 2. The fraction of sp³-hybridized carbons (Fsp3) is 0.308. The first kappa shape index (κ1) is 25.9. The van der Waals surface area contributed by atoms with Crippen LogP contribution in [-0.2, 0) is 16.1 Å². The minimum atomic E-state index is -4.95. The van der Waals surface area contributed by atoms with Gasteiger partial charge in [0.05, 0.1) is 17.5 Å². The van der Waals surface area contributed by atoms with E-state index in [1.807, 2.05) is 6.07 Å². The van der Waals surface area contributed by atoms with Gasteiger partial charge in [0.1, 0.15) is 6.54 Å². The van der Waals surface area contributed by atoms with Gasteiger partial charge < -0.3 is 15.0 Å². The summed E-state index contributed by atoms with van der Waals surface area (Å²) in [6, 6.07) is 16.8. The Labute approximate surface area is 211 Å². The largest absolute Gasteiger partial charge is 0.471 e. The third-order valence-corrected chi connectivity index (χ3v) is 6.08. The fourth-order valence-corrected chi connectivity index (χ4v) is 4.17. The summed E-state index contributed by atoms with van der Waals surface area (Å²) in [7, 11) is 0. The minimum absolute atomic E-state index is 0.0944. The maximum atomic E-state index is 13.2. The summed E-state index contributed by atoms with van der Waals surface area (Å²) < 4.78 is 45.0. The molecule has 0 bridgehead atoms. The van der Waals surface area contributed by atoms with Crippen molar-refractivity contribution in [2.75, 3.05) is 19.8 Å². The van der Waals surface area contributed by atoms with Gasteiger partial charge >= 0.3 is 12.1 Å². The highest BCUT2D eigenvalue weighted by atomic mass is 19.4. The number of hydrogen-bond acceptors (Lipinski definition) is 5. The van der Waals surface area contributed by atoms with Crippen molar-refractivity contribution in [1.29, 1.82) is 5.26 Å². The normalized spacial score (nSPS) is 14.1. The van der Waals surface area contributed by atoms with Crippen LogP contribution in [0, 0.1) is 11.3 Å². The molecule has 3 aromatic rings. The smallest absolute Gasteiger partial charge is 0.381 e. The lowest BCUT2D eigenvalue weighted by Gasteiger charge is -2.34. The number of halogens is 3. The second kappa shape index (κ2) is 11.3. The number of aromatic amines is 1. The Morgan fingerprint density at radius 1 is 1.11 bits per heavy atom. The van der Waals surface area contributed by atoms with Crippen molar-refractivity contribution in [3.63, 3.8) is 0 Å². The van der Waals surface area contributed by atoms with E-state index in [2.05, 4.69) is 15.5 Å². The van der Waals surface area contributed by atoms with Gasteiger partial charge in [-0.15, -0.1) is 0 Å². The Morgan fingerprint density at radius 2 is 1.84 bits per heavy atom. The molecule has 2 amide bonds. The van der Waals surface area contributed by atoms with Crippen molar-refractivity contribution in [1.82, 2.24) is 20.4 Å². The number of rotatable bonds is 7. The summed E-state index contributed by atoms with van der Waals surface area (Å²) in [4.78, 5) is 25.2. The number of nitrogens with one attached hydrogen (secondary N) is 2. The molecule has 0 aliphatic carbocycles. The number of carbonyl (C=O) groups is 2. The van der Waals surface area contributed by atoms with Crippen molar-refractivity contribution >= 4 is 11.8 Å². The number of benzene rings is 2. The molecule has 0 saturated carbocycles. The second-order valence-electron chi connectivity index (χ2n) is 8.56. The molecule has 8 nitrogen and oxygen atoms in total. The molecule has 0 spiro atoms. The van der Waals surface area contributed by atoms with Crippen molar-refractivity contribution in [3.8, 4) is 28.6 Å². The van der Waals surface area contributed by atoms with Gasteiger partial charge in [-0.25, -0.2) is 0 Å². The number of amides is 2. The summed E-state index contributed by atoms with van der Waals surface area (Å²) in [6.45, 7) is 0.392. The van der Waals surface area contributed by atoms with E-state index >= 15 is 0 Å². The van der Waals surface area contributed by atoms with Gasteiger partial charge in [-0.3, -0.25) is 14.7 Å². The van der Waals surface area contributed by atoms with Gasteiger partial charge in [0.2, 0.25) is 0 Å². The minimum Gasteiger partial charge on any atom is -0.381 e. The van der Waals surface area contributed by atoms with E-state index in [9.17, 15) is 22.8 Å². The summed E-state index contributed by atoms with van der Waals surface area (Å²) in [6.07, 6.45) is -4.23. The van der Waals surface area contributed by atoms with E-state index in [1.165, 1.54) is 0 Å². The first-order valence-electron chi connectivity index (χ1n) is 11.6. The van der Waals surface area contributed by atoms with E-state index in [4.69, 9.17) is 10.00 Å². The average molecular weight is 512 g/mol. The lowest BCUT2D eigenvalue weighted by molar-refractivity contribution is -0.190. The predicted molar refractivity (Wildman–Crippen MR) is 128 cm³/mol. The number of aromatic nitrogens is 2. The molecule has 0 atom stereocenters. The Kier molecular flexibility index (Phi) is 7.89. The maximum Gasteiger partial charge on any atom is 0.471 e. The Balaban J connectivity index is 1.49. The molecular formula is C26H24F3N5O3. The molecule has 1 fully saturated rings. The van der Waals surface area contributed by atoms with Gasteiger partial charge in [0.15, 0.2) is 0 Å². The first-order chi connectivity index (χ1) is 17.8. The lowest BCUT2D eigenvalue weighted by Crippen LogP contribution is -2.48. The van der Waals surface area contributed by atoms with Crippen molar-refractivity contribution in [2.45, 2.75) is 31.6 Å². The van der Waals surface area contributed by atoms with Gasteiger partial charge in [0.25, 0.3) is 5.91 Å². The summed E-state index contributed by atoms with van der Waals surface area (Å²) in [5.41, 5.74) is 3.68. The molecule has 2 N–H and O–H groups in total. The highest BCUT2D eigenvalue weighted by molar-refractivity contribution is 5.95. The third kappa shape index (κ3) is 6.34. The van der Waals surface area contributed by atoms with E-state index in [-0.39, 0.29) is 19.0 Å². The Morgan fingerprint density at radius 3 is 2.51 bits per heavy atom. The molecule has 2 aromatic carbocycles. The van der Waals surface area contributed by atoms with Crippen molar-refractivity contribution < 1.29 is 27.5 Å². The summed E-state index contributed by atoms with van der Waals surface area (Å²) in [5, 5.41) is 18.4. The van der Waals surface area contributed by atoms with E-state index in [0.29, 0.717) is 54.1 Å². The molecule has 1 aliphatic rings. The molecule has 0 radical (unpaired) electrons. The Hall–Kier alpha value is -4.17. The van der Waals surface area contributed by atoms with Crippen LogP contribution in [-0.4, -0.2) is 58.9 Å². The maximum absolute atomic E-state index is 13.2. The highest BCUT2D eigenvalue weighted by Gasteiger charge is 2.44. The number of nitrogens with zero attached hydrogens (tertiary/aromatic N) is 3. The van der Waals surface area contributed by atoms with E-state index < -0.39 is 18.1 Å². The topological polar surface area (TPSA) is 111 Å². The van der Waals surface area contributed by atoms with E-state index in [1.54, 1.807) is 54.6 Å². The summed E-state index contributed by atoms with van der Waals surface area (Å²) in [5.74, 6) is -2.21. The lowest BCUT2D eigenvalue weighted by atomic mass is 10.0. The van der Waals surface area contributed by atoms with Crippen molar-refractivity contribution in [3.05, 3.63) is 65.7 Å². The zero-order valence-electron chi connectivity index (χ0n) is 19.7.